The number of alkyl halides is 3. The Bertz CT molecular complexity index is 591. The quantitative estimate of drug-likeness (QED) is 0.900. The van der Waals surface area contributed by atoms with Gasteiger partial charge in [-0.1, -0.05) is 19.4 Å². The van der Waals surface area contributed by atoms with Crippen molar-refractivity contribution in [2.75, 3.05) is 12.4 Å². The molecule has 0 atom stereocenters. The van der Waals surface area contributed by atoms with E-state index in [2.05, 4.69) is 17.2 Å². The molecule has 0 bridgehead atoms. The van der Waals surface area contributed by atoms with Crippen LogP contribution >= 0.6 is 0 Å². The molecule has 1 N–H and O–H groups in total. The summed E-state index contributed by atoms with van der Waals surface area (Å²) in [6.45, 7) is 2.06. The highest BCUT2D eigenvalue weighted by Gasteiger charge is 2.33. The van der Waals surface area contributed by atoms with Gasteiger partial charge < -0.3 is 5.32 Å². The van der Waals surface area contributed by atoms with E-state index < -0.39 is 11.9 Å². The van der Waals surface area contributed by atoms with E-state index in [0.717, 1.165) is 29.9 Å². The molecule has 1 aromatic carbocycles. The molecule has 5 heteroatoms. The van der Waals surface area contributed by atoms with E-state index in [9.17, 15) is 13.2 Å². The molecular formula is C14H15F3N2. The number of pyridine rings is 1. The van der Waals surface area contributed by atoms with Crippen molar-refractivity contribution in [2.45, 2.75) is 25.9 Å². The molecule has 0 saturated heterocycles. The molecule has 1 heterocycles. The minimum Gasteiger partial charge on any atom is -0.388 e. The van der Waals surface area contributed by atoms with Gasteiger partial charge in [-0.3, -0.25) is 0 Å². The predicted molar refractivity (Wildman–Crippen MR) is 70.3 cm³/mol. The smallest absolute Gasteiger partial charge is 0.388 e. The van der Waals surface area contributed by atoms with E-state index in [4.69, 9.17) is 0 Å². The Kier molecular flexibility index (Phi) is 3.64. The van der Waals surface area contributed by atoms with Crippen LogP contribution in [0.5, 0.6) is 0 Å². The number of hydrogen-bond donors (Lipinski definition) is 1. The van der Waals surface area contributed by atoms with Crippen LogP contribution in [0.3, 0.4) is 0 Å². The largest absolute Gasteiger partial charge is 0.433 e. The van der Waals surface area contributed by atoms with Crippen LogP contribution in [0.15, 0.2) is 24.3 Å². The molecule has 0 fully saturated rings. The second-order valence-electron chi connectivity index (χ2n) is 4.40. The summed E-state index contributed by atoms with van der Waals surface area (Å²) in [5.74, 6) is 0. The van der Waals surface area contributed by atoms with Gasteiger partial charge in [0.25, 0.3) is 0 Å². The van der Waals surface area contributed by atoms with Crippen LogP contribution < -0.4 is 5.32 Å². The zero-order valence-corrected chi connectivity index (χ0v) is 10.8. The minimum absolute atomic E-state index is 0.360. The lowest BCUT2D eigenvalue weighted by atomic mass is 10.1. The van der Waals surface area contributed by atoms with Gasteiger partial charge in [0.05, 0.1) is 5.52 Å². The number of aromatic nitrogens is 1. The number of anilines is 1. The van der Waals surface area contributed by atoms with Crippen molar-refractivity contribution in [3.63, 3.8) is 0 Å². The molecule has 19 heavy (non-hydrogen) atoms. The first kappa shape index (κ1) is 13.6. The second kappa shape index (κ2) is 5.07. The van der Waals surface area contributed by atoms with Gasteiger partial charge in [-0.2, -0.15) is 13.2 Å². The van der Waals surface area contributed by atoms with E-state index in [1.165, 1.54) is 0 Å². The molecule has 0 aliphatic carbocycles. The van der Waals surface area contributed by atoms with Crippen LogP contribution in [0, 0.1) is 0 Å². The van der Waals surface area contributed by atoms with E-state index >= 15 is 0 Å². The Morgan fingerprint density at radius 1 is 1.21 bits per heavy atom. The van der Waals surface area contributed by atoms with Gasteiger partial charge >= 0.3 is 6.18 Å². The average Bonchev–Trinajstić information content (AvgIpc) is 2.36. The van der Waals surface area contributed by atoms with Crippen molar-refractivity contribution in [3.8, 4) is 0 Å². The third kappa shape index (κ3) is 2.80. The summed E-state index contributed by atoms with van der Waals surface area (Å²) < 4.78 is 38.2. The summed E-state index contributed by atoms with van der Waals surface area (Å²) in [6, 6.07) is 6.44. The van der Waals surface area contributed by atoms with Crippen molar-refractivity contribution < 1.29 is 13.2 Å². The Hall–Kier alpha value is -1.78. The Morgan fingerprint density at radius 2 is 1.95 bits per heavy atom. The zero-order chi connectivity index (χ0) is 14.0. The van der Waals surface area contributed by atoms with Gasteiger partial charge in [0.15, 0.2) is 0 Å². The second-order valence-corrected chi connectivity index (χ2v) is 4.40. The fourth-order valence-corrected chi connectivity index (χ4v) is 2.07. The molecule has 2 nitrogen and oxygen atoms in total. The topological polar surface area (TPSA) is 24.9 Å². The third-order valence-electron chi connectivity index (χ3n) is 2.97. The summed E-state index contributed by atoms with van der Waals surface area (Å²) in [7, 11) is 1.61. The zero-order valence-electron chi connectivity index (χ0n) is 10.8. The van der Waals surface area contributed by atoms with Crippen molar-refractivity contribution in [2.24, 2.45) is 0 Å². The molecule has 0 unspecified atom stereocenters. The number of nitrogens with one attached hydrogen (secondary N) is 1. The molecule has 0 radical (unpaired) electrons. The van der Waals surface area contributed by atoms with E-state index in [1.807, 2.05) is 12.1 Å². The van der Waals surface area contributed by atoms with Gasteiger partial charge in [0.1, 0.15) is 5.69 Å². The first-order chi connectivity index (χ1) is 8.95. The highest BCUT2D eigenvalue weighted by Crippen LogP contribution is 2.33. The normalized spacial score (nSPS) is 11.8. The standard InChI is InChI=1S/C14H15F3N2/c1-3-4-9-5-6-11-10(7-9)12(18-2)8-13(19-11)14(15,16)17/h5-8H,3-4H2,1-2H3,(H,18,19). The first-order valence-corrected chi connectivity index (χ1v) is 6.14. The lowest BCUT2D eigenvalue weighted by Gasteiger charge is -2.12. The number of aryl methyl sites for hydroxylation is 1. The fourth-order valence-electron chi connectivity index (χ4n) is 2.07. The summed E-state index contributed by atoms with van der Waals surface area (Å²) in [5, 5.41) is 3.54. The molecule has 102 valence electrons. The molecule has 2 rings (SSSR count). The maximum atomic E-state index is 12.7. The number of benzene rings is 1. The van der Waals surface area contributed by atoms with Gasteiger partial charge in [0.2, 0.25) is 0 Å². The van der Waals surface area contributed by atoms with Gasteiger partial charge in [-0.25, -0.2) is 4.98 Å². The number of halogens is 3. The molecule has 0 saturated carbocycles. The minimum atomic E-state index is -4.43. The molecule has 0 aliphatic heterocycles. The van der Waals surface area contributed by atoms with Gasteiger partial charge in [-0.15, -0.1) is 0 Å². The Morgan fingerprint density at radius 3 is 2.53 bits per heavy atom. The van der Waals surface area contributed by atoms with Crippen LogP contribution in [0.2, 0.25) is 0 Å². The fraction of sp³-hybridized carbons (Fsp3) is 0.357. The number of nitrogens with zero attached hydrogens (tertiary/aromatic N) is 1. The van der Waals surface area contributed by atoms with Crippen LogP contribution in [0.25, 0.3) is 10.9 Å². The maximum Gasteiger partial charge on any atom is 0.433 e. The molecule has 0 amide bonds. The van der Waals surface area contributed by atoms with Crippen LogP contribution in [-0.2, 0) is 12.6 Å². The summed E-state index contributed by atoms with van der Waals surface area (Å²) >= 11 is 0. The van der Waals surface area contributed by atoms with Gasteiger partial charge in [-0.05, 0) is 30.2 Å². The molecule has 2 aromatic rings. The number of hydrogen-bond acceptors (Lipinski definition) is 2. The molecule has 1 aromatic heterocycles. The van der Waals surface area contributed by atoms with Crippen molar-refractivity contribution in [3.05, 3.63) is 35.5 Å². The lowest BCUT2D eigenvalue weighted by Crippen LogP contribution is -2.09. The summed E-state index contributed by atoms with van der Waals surface area (Å²) in [5.41, 5.74) is 1.05. The van der Waals surface area contributed by atoms with Crippen LogP contribution in [0.1, 0.15) is 24.6 Å². The summed E-state index contributed by atoms with van der Waals surface area (Å²) in [4.78, 5) is 3.69. The third-order valence-corrected chi connectivity index (χ3v) is 2.97. The van der Waals surface area contributed by atoms with Crippen LogP contribution in [-0.4, -0.2) is 12.0 Å². The SMILES string of the molecule is CCCc1ccc2nc(C(F)(F)F)cc(NC)c2c1. The molecule has 0 aliphatic rings. The number of fused-ring (bicyclic) bond motifs is 1. The molecular weight excluding hydrogens is 253 g/mol. The Balaban J connectivity index is 2.63. The van der Waals surface area contributed by atoms with Crippen molar-refractivity contribution in [1.82, 2.24) is 4.98 Å². The number of rotatable bonds is 3. The van der Waals surface area contributed by atoms with Crippen molar-refractivity contribution in [1.29, 1.82) is 0 Å². The Labute approximate surface area is 109 Å². The van der Waals surface area contributed by atoms with E-state index in [-0.39, 0.29) is 0 Å². The lowest BCUT2D eigenvalue weighted by molar-refractivity contribution is -0.140. The van der Waals surface area contributed by atoms with E-state index in [1.54, 1.807) is 13.1 Å². The van der Waals surface area contributed by atoms with Gasteiger partial charge in [0, 0.05) is 18.1 Å². The monoisotopic (exact) mass is 268 g/mol. The van der Waals surface area contributed by atoms with Crippen molar-refractivity contribution >= 4 is 16.6 Å². The molecule has 0 spiro atoms. The maximum absolute atomic E-state index is 12.7. The first-order valence-electron chi connectivity index (χ1n) is 6.14. The van der Waals surface area contributed by atoms with Crippen LogP contribution in [0.4, 0.5) is 18.9 Å². The highest BCUT2D eigenvalue weighted by atomic mass is 19.4. The van der Waals surface area contributed by atoms with E-state index in [0.29, 0.717) is 11.2 Å². The average molecular weight is 268 g/mol. The predicted octanol–water partition coefficient (Wildman–Crippen LogP) is 4.25. The highest BCUT2D eigenvalue weighted by molar-refractivity contribution is 5.92. The summed E-state index contributed by atoms with van der Waals surface area (Å²) in [6.07, 6.45) is -2.53.